The molecule has 3 aromatic rings. The maximum Gasteiger partial charge on any atom is 0.257 e. The first kappa shape index (κ1) is 19.8. The molecule has 10 heteroatoms. The van der Waals surface area contributed by atoms with E-state index in [9.17, 15) is 14.0 Å². The number of anilines is 1. The molecule has 3 heterocycles. The Bertz CT molecular complexity index is 1040. The Balaban J connectivity index is 1.33. The summed E-state index contributed by atoms with van der Waals surface area (Å²) in [6.07, 6.45) is 1.49. The largest absolute Gasteiger partial charge is 0.360 e. The number of halogens is 1. The van der Waals surface area contributed by atoms with Crippen LogP contribution in [0.5, 0.6) is 0 Å². The molecular weight excluding hydrogens is 391 g/mol. The highest BCUT2D eigenvalue weighted by atomic mass is 19.1. The first-order valence-electron chi connectivity index (χ1n) is 9.54. The number of H-pyrrole nitrogens is 1. The van der Waals surface area contributed by atoms with Crippen molar-refractivity contribution >= 4 is 17.6 Å². The lowest BCUT2D eigenvalue weighted by Crippen LogP contribution is -2.50. The van der Waals surface area contributed by atoms with E-state index in [0.29, 0.717) is 54.6 Å². The van der Waals surface area contributed by atoms with Gasteiger partial charge in [-0.2, -0.15) is 5.10 Å². The zero-order chi connectivity index (χ0) is 21.1. The molecular formula is C20H21FN6O3. The topological polar surface area (TPSA) is 107 Å². The van der Waals surface area contributed by atoms with E-state index < -0.39 is 0 Å². The van der Waals surface area contributed by atoms with Crippen molar-refractivity contribution in [1.29, 1.82) is 0 Å². The van der Waals surface area contributed by atoms with Crippen molar-refractivity contribution in [2.75, 3.05) is 38.0 Å². The number of rotatable bonds is 5. The molecule has 1 aliphatic rings. The molecule has 1 saturated heterocycles. The summed E-state index contributed by atoms with van der Waals surface area (Å²) >= 11 is 0. The first-order valence-corrected chi connectivity index (χ1v) is 9.54. The highest BCUT2D eigenvalue weighted by molar-refractivity contribution is 5.99. The third-order valence-corrected chi connectivity index (χ3v) is 4.92. The van der Waals surface area contributed by atoms with Gasteiger partial charge in [0.15, 0.2) is 5.82 Å². The second-order valence-electron chi connectivity index (χ2n) is 7.10. The molecule has 1 aromatic carbocycles. The number of benzene rings is 1. The van der Waals surface area contributed by atoms with Crippen LogP contribution >= 0.6 is 0 Å². The fraction of sp³-hybridized carbons (Fsp3) is 0.300. The molecule has 0 aliphatic carbocycles. The summed E-state index contributed by atoms with van der Waals surface area (Å²) in [6, 6.07) is 7.54. The molecule has 1 fully saturated rings. The molecule has 0 radical (unpaired) electrons. The van der Waals surface area contributed by atoms with Gasteiger partial charge >= 0.3 is 0 Å². The number of aromatic nitrogens is 3. The summed E-state index contributed by atoms with van der Waals surface area (Å²) in [5, 5.41) is 13.2. The molecule has 9 nitrogen and oxygen atoms in total. The van der Waals surface area contributed by atoms with Gasteiger partial charge in [0, 0.05) is 37.8 Å². The lowest BCUT2D eigenvalue weighted by atomic mass is 10.1. The van der Waals surface area contributed by atoms with Gasteiger partial charge in [-0.05, 0) is 31.2 Å². The number of nitrogens with zero attached hydrogens (tertiary/aromatic N) is 4. The molecule has 0 saturated carbocycles. The Labute approximate surface area is 171 Å². The van der Waals surface area contributed by atoms with E-state index in [-0.39, 0.29) is 24.2 Å². The van der Waals surface area contributed by atoms with Gasteiger partial charge in [0.1, 0.15) is 11.6 Å². The predicted molar refractivity (Wildman–Crippen MR) is 106 cm³/mol. The van der Waals surface area contributed by atoms with Crippen molar-refractivity contribution in [3.8, 4) is 11.3 Å². The van der Waals surface area contributed by atoms with Crippen molar-refractivity contribution in [1.82, 2.24) is 25.2 Å². The Hall–Kier alpha value is -3.53. The third kappa shape index (κ3) is 4.38. The SMILES string of the molecule is Cc1cc(NC(=O)CN2CCN(C(=O)c3cn[nH]c3-c3ccc(F)cc3)CC2)no1. The number of carbonyl (C=O) groups is 2. The zero-order valence-corrected chi connectivity index (χ0v) is 16.4. The van der Waals surface area contributed by atoms with Crippen molar-refractivity contribution in [3.05, 3.63) is 53.7 Å². The molecule has 4 rings (SSSR count). The number of nitrogens with one attached hydrogen (secondary N) is 2. The number of piperazine rings is 1. The molecule has 1 aliphatic heterocycles. The number of hydrogen-bond donors (Lipinski definition) is 2. The zero-order valence-electron chi connectivity index (χ0n) is 16.4. The summed E-state index contributed by atoms with van der Waals surface area (Å²) in [5.41, 5.74) is 1.69. The maximum atomic E-state index is 13.2. The van der Waals surface area contributed by atoms with Crippen LogP contribution in [0.1, 0.15) is 16.1 Å². The first-order chi connectivity index (χ1) is 14.5. The van der Waals surface area contributed by atoms with E-state index in [2.05, 4.69) is 20.7 Å². The molecule has 0 atom stereocenters. The van der Waals surface area contributed by atoms with Crippen LogP contribution < -0.4 is 5.32 Å². The van der Waals surface area contributed by atoms with Gasteiger partial charge in [-0.25, -0.2) is 4.39 Å². The van der Waals surface area contributed by atoms with Gasteiger partial charge < -0.3 is 14.7 Å². The Morgan fingerprint density at radius 1 is 1.20 bits per heavy atom. The Morgan fingerprint density at radius 2 is 1.93 bits per heavy atom. The Kier molecular flexibility index (Phi) is 5.57. The highest BCUT2D eigenvalue weighted by Gasteiger charge is 2.26. The highest BCUT2D eigenvalue weighted by Crippen LogP contribution is 2.23. The van der Waals surface area contributed by atoms with Crippen molar-refractivity contribution < 1.29 is 18.5 Å². The summed E-state index contributed by atoms with van der Waals surface area (Å²) in [6.45, 7) is 4.08. The third-order valence-electron chi connectivity index (χ3n) is 4.92. The fourth-order valence-electron chi connectivity index (χ4n) is 3.38. The van der Waals surface area contributed by atoms with Crippen molar-refractivity contribution in [2.45, 2.75) is 6.92 Å². The van der Waals surface area contributed by atoms with Crippen LogP contribution in [0.2, 0.25) is 0 Å². The van der Waals surface area contributed by atoms with Gasteiger partial charge in [-0.3, -0.25) is 19.6 Å². The summed E-state index contributed by atoms with van der Waals surface area (Å²) < 4.78 is 18.1. The average molecular weight is 412 g/mol. The van der Waals surface area contributed by atoms with E-state index in [0.717, 1.165) is 0 Å². The molecule has 2 N–H and O–H groups in total. The van der Waals surface area contributed by atoms with Gasteiger partial charge in [-0.15, -0.1) is 0 Å². The number of amides is 2. The average Bonchev–Trinajstić information content (AvgIpc) is 3.38. The van der Waals surface area contributed by atoms with Crippen LogP contribution in [0, 0.1) is 12.7 Å². The second-order valence-corrected chi connectivity index (χ2v) is 7.10. The molecule has 0 unspecified atom stereocenters. The summed E-state index contributed by atoms with van der Waals surface area (Å²) in [5.74, 6) is 0.336. The molecule has 2 amide bonds. The summed E-state index contributed by atoms with van der Waals surface area (Å²) in [7, 11) is 0. The predicted octanol–water partition coefficient (Wildman–Crippen LogP) is 1.91. The van der Waals surface area contributed by atoms with Crippen LogP contribution in [-0.4, -0.2) is 69.7 Å². The van der Waals surface area contributed by atoms with Crippen molar-refractivity contribution in [2.24, 2.45) is 0 Å². The van der Waals surface area contributed by atoms with Crippen LogP contribution in [-0.2, 0) is 4.79 Å². The van der Waals surface area contributed by atoms with Crippen LogP contribution in [0.4, 0.5) is 10.2 Å². The lowest BCUT2D eigenvalue weighted by Gasteiger charge is -2.34. The smallest absolute Gasteiger partial charge is 0.257 e. The number of aryl methyl sites for hydroxylation is 1. The number of aromatic amines is 1. The lowest BCUT2D eigenvalue weighted by molar-refractivity contribution is -0.117. The van der Waals surface area contributed by atoms with E-state index in [1.165, 1.54) is 18.3 Å². The standard InChI is InChI=1S/C20H21FN6O3/c1-13-10-17(25-30-13)23-18(28)12-26-6-8-27(9-7-26)20(29)16-11-22-24-19(16)14-2-4-15(21)5-3-14/h2-5,10-11H,6-9,12H2,1H3,(H,22,24)(H,23,25,28). The van der Waals surface area contributed by atoms with E-state index in [1.807, 2.05) is 4.90 Å². The van der Waals surface area contributed by atoms with E-state index in [1.54, 1.807) is 30.0 Å². The van der Waals surface area contributed by atoms with Crippen LogP contribution in [0.3, 0.4) is 0 Å². The minimum atomic E-state index is -0.343. The maximum absolute atomic E-state index is 13.2. The molecule has 30 heavy (non-hydrogen) atoms. The quantitative estimate of drug-likeness (QED) is 0.663. The van der Waals surface area contributed by atoms with Crippen LogP contribution in [0.25, 0.3) is 11.3 Å². The molecule has 2 aromatic heterocycles. The number of hydrogen-bond acceptors (Lipinski definition) is 6. The molecule has 0 bridgehead atoms. The minimum Gasteiger partial charge on any atom is -0.360 e. The van der Waals surface area contributed by atoms with E-state index in [4.69, 9.17) is 4.52 Å². The van der Waals surface area contributed by atoms with E-state index >= 15 is 0 Å². The normalized spacial score (nSPS) is 14.7. The fourth-order valence-corrected chi connectivity index (χ4v) is 3.38. The van der Waals surface area contributed by atoms with Gasteiger partial charge in [0.2, 0.25) is 5.91 Å². The minimum absolute atomic E-state index is 0.148. The second kappa shape index (κ2) is 8.46. The van der Waals surface area contributed by atoms with Crippen molar-refractivity contribution in [3.63, 3.8) is 0 Å². The molecule has 0 spiro atoms. The Morgan fingerprint density at radius 3 is 2.60 bits per heavy atom. The van der Waals surface area contributed by atoms with Gasteiger partial charge in [-0.1, -0.05) is 5.16 Å². The van der Waals surface area contributed by atoms with Crippen LogP contribution in [0.15, 0.2) is 41.1 Å². The monoisotopic (exact) mass is 412 g/mol. The molecule has 156 valence electrons. The van der Waals surface area contributed by atoms with Gasteiger partial charge in [0.05, 0.1) is 24.0 Å². The van der Waals surface area contributed by atoms with Gasteiger partial charge in [0.25, 0.3) is 5.91 Å². The summed E-state index contributed by atoms with van der Waals surface area (Å²) in [4.78, 5) is 28.8. The number of carbonyl (C=O) groups excluding carboxylic acids is 2.